The summed E-state index contributed by atoms with van der Waals surface area (Å²) in [6, 6.07) is 5.19. The standard InChI is InChI=1S/C21H23BrN6O3/c1-11(9-30-3)28(8-13-4-5-18(22)27-26-13)21(29)16-6-14-15-10-31-12(2)19(15)20(23)25-17(14)7-24-16/h4-7,11-12H,8-10H2,1-3H3,(H2,23,25)/t11?,12-/m1/s1. The highest BCUT2D eigenvalue weighted by Crippen LogP contribution is 2.38. The van der Waals surface area contributed by atoms with Crippen LogP contribution in [0.3, 0.4) is 0 Å². The molecule has 1 unspecified atom stereocenters. The number of amides is 1. The third kappa shape index (κ3) is 4.23. The highest BCUT2D eigenvalue weighted by atomic mass is 79.9. The van der Waals surface area contributed by atoms with Crippen molar-refractivity contribution in [3.8, 4) is 0 Å². The minimum atomic E-state index is -0.228. The SMILES string of the molecule is COCC(C)N(Cc1ccc(Br)nn1)C(=O)c1cc2c3c(c(N)nc2cn1)[C@@H](C)OC3. The van der Waals surface area contributed by atoms with E-state index in [9.17, 15) is 4.79 Å². The monoisotopic (exact) mass is 486 g/mol. The van der Waals surface area contributed by atoms with Crippen LogP contribution >= 0.6 is 15.9 Å². The molecule has 3 aromatic heterocycles. The molecule has 0 aliphatic carbocycles. The quantitative estimate of drug-likeness (QED) is 0.564. The summed E-state index contributed by atoms with van der Waals surface area (Å²) < 4.78 is 11.7. The molecule has 0 fully saturated rings. The van der Waals surface area contributed by atoms with Crippen molar-refractivity contribution >= 4 is 38.6 Å². The predicted octanol–water partition coefficient (Wildman–Crippen LogP) is 3.03. The molecule has 1 amide bonds. The number of rotatable bonds is 6. The summed E-state index contributed by atoms with van der Waals surface area (Å²) in [5, 5.41) is 9.00. The van der Waals surface area contributed by atoms with Gasteiger partial charge in [-0.05, 0) is 53.5 Å². The van der Waals surface area contributed by atoms with Crippen molar-refractivity contribution in [1.29, 1.82) is 0 Å². The molecule has 1 aliphatic heterocycles. The Morgan fingerprint density at radius 3 is 2.94 bits per heavy atom. The first-order valence-electron chi connectivity index (χ1n) is 9.86. The number of fused-ring (bicyclic) bond motifs is 3. The second-order valence-electron chi connectivity index (χ2n) is 7.51. The van der Waals surface area contributed by atoms with Crippen molar-refractivity contribution in [2.45, 2.75) is 39.1 Å². The molecule has 4 heterocycles. The Hall–Kier alpha value is -2.69. The molecule has 0 bridgehead atoms. The Morgan fingerprint density at radius 1 is 1.42 bits per heavy atom. The number of methoxy groups -OCH3 is 1. The van der Waals surface area contributed by atoms with Crippen LogP contribution in [0, 0.1) is 0 Å². The molecule has 0 radical (unpaired) electrons. The summed E-state index contributed by atoms with van der Waals surface area (Å²) in [5.74, 6) is 0.214. The fourth-order valence-corrected chi connectivity index (χ4v) is 4.01. The minimum Gasteiger partial charge on any atom is -0.383 e. The molecule has 162 valence electrons. The smallest absolute Gasteiger partial charge is 0.273 e. The lowest BCUT2D eigenvalue weighted by Crippen LogP contribution is -2.41. The van der Waals surface area contributed by atoms with Crippen molar-refractivity contribution in [3.63, 3.8) is 0 Å². The van der Waals surface area contributed by atoms with Gasteiger partial charge in [0.2, 0.25) is 0 Å². The maximum absolute atomic E-state index is 13.5. The number of nitrogens with zero attached hydrogens (tertiary/aromatic N) is 5. The zero-order valence-corrected chi connectivity index (χ0v) is 19.1. The summed E-state index contributed by atoms with van der Waals surface area (Å²) in [5.41, 5.74) is 9.58. The Morgan fingerprint density at radius 2 is 2.23 bits per heavy atom. The van der Waals surface area contributed by atoms with Gasteiger partial charge in [0.05, 0.1) is 49.3 Å². The van der Waals surface area contributed by atoms with Crippen LogP contribution in [0.15, 0.2) is 29.0 Å². The summed E-state index contributed by atoms with van der Waals surface area (Å²) >= 11 is 3.28. The van der Waals surface area contributed by atoms with Gasteiger partial charge in [-0.3, -0.25) is 4.79 Å². The Kier molecular flexibility index (Phi) is 6.12. The van der Waals surface area contributed by atoms with E-state index in [1.54, 1.807) is 30.3 Å². The molecule has 3 aromatic rings. The van der Waals surface area contributed by atoms with Crippen LogP contribution < -0.4 is 5.73 Å². The van der Waals surface area contributed by atoms with E-state index in [4.69, 9.17) is 15.2 Å². The molecule has 2 atom stereocenters. The number of nitrogen functional groups attached to an aromatic ring is 1. The first-order chi connectivity index (χ1) is 14.9. The largest absolute Gasteiger partial charge is 0.383 e. The molecular weight excluding hydrogens is 464 g/mol. The first-order valence-corrected chi connectivity index (χ1v) is 10.7. The molecule has 1 aliphatic rings. The maximum atomic E-state index is 13.5. The number of pyridine rings is 2. The van der Waals surface area contributed by atoms with E-state index in [0.717, 1.165) is 16.5 Å². The van der Waals surface area contributed by atoms with E-state index in [1.165, 1.54) is 0 Å². The highest BCUT2D eigenvalue weighted by molar-refractivity contribution is 9.10. The minimum absolute atomic E-state index is 0.131. The third-order valence-electron chi connectivity index (χ3n) is 5.37. The zero-order chi connectivity index (χ0) is 22.1. The molecule has 0 aromatic carbocycles. The van der Waals surface area contributed by atoms with E-state index >= 15 is 0 Å². The number of hydrogen-bond donors (Lipinski definition) is 1. The van der Waals surface area contributed by atoms with Crippen LogP contribution in [0.5, 0.6) is 0 Å². The average molecular weight is 487 g/mol. The van der Waals surface area contributed by atoms with Gasteiger partial charge in [0.25, 0.3) is 5.91 Å². The van der Waals surface area contributed by atoms with Gasteiger partial charge in [0.15, 0.2) is 0 Å². The Bertz CT molecular complexity index is 1120. The van der Waals surface area contributed by atoms with Crippen LogP contribution in [-0.2, 0) is 22.6 Å². The van der Waals surface area contributed by atoms with Gasteiger partial charge in [0.1, 0.15) is 16.1 Å². The second kappa shape index (κ2) is 8.81. The van der Waals surface area contributed by atoms with Crippen molar-refractivity contribution in [3.05, 3.63) is 51.5 Å². The fraction of sp³-hybridized carbons (Fsp3) is 0.381. The molecule has 31 heavy (non-hydrogen) atoms. The van der Waals surface area contributed by atoms with Crippen molar-refractivity contribution < 1.29 is 14.3 Å². The van der Waals surface area contributed by atoms with E-state index in [-0.39, 0.29) is 24.6 Å². The summed E-state index contributed by atoms with van der Waals surface area (Å²) in [7, 11) is 1.60. The maximum Gasteiger partial charge on any atom is 0.273 e. The van der Waals surface area contributed by atoms with Crippen molar-refractivity contribution in [1.82, 2.24) is 25.1 Å². The molecule has 4 rings (SSSR count). The third-order valence-corrected chi connectivity index (χ3v) is 5.80. The lowest BCUT2D eigenvalue weighted by atomic mass is 10.0. The number of aromatic nitrogens is 4. The topological polar surface area (TPSA) is 116 Å². The number of anilines is 1. The molecule has 0 saturated carbocycles. The summed E-state index contributed by atoms with van der Waals surface area (Å²) in [6.45, 7) is 4.94. The molecule has 0 spiro atoms. The number of carbonyl (C=O) groups excluding carboxylic acids is 1. The van der Waals surface area contributed by atoms with Crippen LogP contribution in [0.25, 0.3) is 10.9 Å². The van der Waals surface area contributed by atoms with Gasteiger partial charge in [-0.15, -0.1) is 5.10 Å². The molecule has 9 nitrogen and oxygen atoms in total. The van der Waals surface area contributed by atoms with Crippen molar-refractivity contribution in [2.75, 3.05) is 19.5 Å². The second-order valence-corrected chi connectivity index (χ2v) is 8.33. The van der Waals surface area contributed by atoms with Gasteiger partial charge >= 0.3 is 0 Å². The number of hydrogen-bond acceptors (Lipinski definition) is 8. The lowest BCUT2D eigenvalue weighted by molar-refractivity contribution is 0.0532. The number of halogens is 1. The van der Waals surface area contributed by atoms with E-state index in [1.807, 2.05) is 19.9 Å². The number of nitrogens with two attached hydrogens (primary N) is 1. The lowest BCUT2D eigenvalue weighted by Gasteiger charge is -2.28. The van der Waals surface area contributed by atoms with E-state index < -0.39 is 0 Å². The molecule has 10 heteroatoms. The highest BCUT2D eigenvalue weighted by Gasteiger charge is 2.28. The fourth-order valence-electron chi connectivity index (χ4n) is 3.79. The molecule has 2 N–H and O–H groups in total. The van der Waals surface area contributed by atoms with Crippen molar-refractivity contribution in [2.24, 2.45) is 0 Å². The summed E-state index contributed by atoms with van der Waals surface area (Å²) in [4.78, 5) is 24.0. The van der Waals surface area contributed by atoms with Crippen LogP contribution in [0.4, 0.5) is 5.82 Å². The molecular formula is C21H23BrN6O3. The van der Waals surface area contributed by atoms with Gasteiger partial charge in [-0.25, -0.2) is 9.97 Å². The number of carbonyl (C=O) groups is 1. The van der Waals surface area contributed by atoms with E-state index in [2.05, 4.69) is 36.1 Å². The van der Waals surface area contributed by atoms with Gasteiger partial charge in [0, 0.05) is 18.1 Å². The molecule has 0 saturated heterocycles. The van der Waals surface area contributed by atoms with Crippen LogP contribution in [-0.4, -0.2) is 50.7 Å². The van der Waals surface area contributed by atoms with Crippen LogP contribution in [0.1, 0.15) is 47.3 Å². The average Bonchev–Trinajstić information content (AvgIpc) is 3.15. The van der Waals surface area contributed by atoms with E-state index in [0.29, 0.717) is 40.5 Å². The van der Waals surface area contributed by atoms with Gasteiger partial charge in [-0.2, -0.15) is 5.10 Å². The predicted molar refractivity (Wildman–Crippen MR) is 118 cm³/mol. The first kappa shape index (κ1) is 21.5. The van der Waals surface area contributed by atoms with Gasteiger partial charge in [-0.1, -0.05) is 0 Å². The van der Waals surface area contributed by atoms with Gasteiger partial charge < -0.3 is 20.1 Å². The van der Waals surface area contributed by atoms with Crippen LogP contribution in [0.2, 0.25) is 0 Å². The normalized spacial score (nSPS) is 16.3. The Labute approximate surface area is 188 Å². The Balaban J connectivity index is 1.72. The zero-order valence-electron chi connectivity index (χ0n) is 17.5. The number of ether oxygens (including phenoxy) is 2. The summed E-state index contributed by atoms with van der Waals surface area (Å²) in [6.07, 6.45) is 1.45.